The Morgan fingerprint density at radius 2 is 1.73 bits per heavy atom. The van der Waals surface area contributed by atoms with Crippen molar-refractivity contribution in [3.63, 3.8) is 0 Å². The number of hydrogen-bond acceptors (Lipinski definition) is 4. The topological polar surface area (TPSA) is 42.0 Å². The van der Waals surface area contributed by atoms with Gasteiger partial charge >= 0.3 is 6.09 Å². The summed E-state index contributed by atoms with van der Waals surface area (Å²) in [7, 11) is 0. The molecule has 2 aliphatic rings. The molecular formula is C24H29ClN2O3. The lowest BCUT2D eigenvalue weighted by molar-refractivity contribution is 0.0526. The van der Waals surface area contributed by atoms with E-state index < -0.39 is 0 Å². The van der Waals surface area contributed by atoms with Crippen LogP contribution in [0.1, 0.15) is 49.7 Å². The first kappa shape index (κ1) is 21.0. The van der Waals surface area contributed by atoms with Gasteiger partial charge in [0.2, 0.25) is 0 Å². The molecule has 2 heterocycles. The Bertz CT molecular complexity index is 898. The van der Waals surface area contributed by atoms with Gasteiger partial charge in [-0.2, -0.15) is 0 Å². The first-order chi connectivity index (χ1) is 14.6. The van der Waals surface area contributed by atoms with Crippen LogP contribution >= 0.6 is 11.6 Å². The summed E-state index contributed by atoms with van der Waals surface area (Å²) in [5.41, 5.74) is 2.32. The second-order valence-corrected chi connectivity index (χ2v) is 8.53. The molecule has 0 aliphatic carbocycles. The number of amides is 1. The fraction of sp³-hybridized carbons (Fsp3) is 0.458. The number of para-hydroxylation sites is 1. The molecule has 0 N–H and O–H groups in total. The van der Waals surface area contributed by atoms with Crippen LogP contribution < -0.4 is 4.74 Å². The van der Waals surface area contributed by atoms with Gasteiger partial charge in [-0.25, -0.2) is 4.79 Å². The number of nitrogens with zero attached hydrogens (tertiary/aromatic N) is 2. The summed E-state index contributed by atoms with van der Waals surface area (Å²) in [6, 6.07) is 14.0. The van der Waals surface area contributed by atoms with Crippen LogP contribution in [0.3, 0.4) is 0 Å². The van der Waals surface area contributed by atoms with E-state index in [1.165, 1.54) is 5.56 Å². The highest BCUT2D eigenvalue weighted by Crippen LogP contribution is 2.50. The molecule has 2 unspecified atom stereocenters. The van der Waals surface area contributed by atoms with E-state index in [1.807, 2.05) is 30.3 Å². The molecule has 0 spiro atoms. The van der Waals surface area contributed by atoms with Gasteiger partial charge in [-0.3, -0.25) is 4.90 Å². The van der Waals surface area contributed by atoms with Crippen LogP contribution in [-0.2, 0) is 4.74 Å². The maximum absolute atomic E-state index is 12.5. The van der Waals surface area contributed by atoms with Crippen molar-refractivity contribution in [2.75, 3.05) is 32.9 Å². The van der Waals surface area contributed by atoms with E-state index in [-0.39, 0.29) is 17.9 Å². The van der Waals surface area contributed by atoms with Gasteiger partial charge in [0.1, 0.15) is 18.2 Å². The normalized spacial score (nSPS) is 19.8. The fourth-order valence-corrected chi connectivity index (χ4v) is 4.77. The van der Waals surface area contributed by atoms with Crippen LogP contribution in [0.25, 0.3) is 0 Å². The lowest BCUT2D eigenvalue weighted by atomic mass is 9.84. The first-order valence-electron chi connectivity index (χ1n) is 10.8. The van der Waals surface area contributed by atoms with E-state index in [4.69, 9.17) is 21.1 Å². The molecule has 2 aromatic rings. The molecule has 6 heteroatoms. The second-order valence-electron chi connectivity index (χ2n) is 8.10. The molecule has 1 amide bonds. The predicted octanol–water partition coefficient (Wildman–Crippen LogP) is 5.84. The minimum atomic E-state index is -0.224. The summed E-state index contributed by atoms with van der Waals surface area (Å²) in [6.07, 6.45) is 1.63. The van der Waals surface area contributed by atoms with Gasteiger partial charge < -0.3 is 14.4 Å². The van der Waals surface area contributed by atoms with Crippen molar-refractivity contribution in [3.05, 3.63) is 58.6 Å². The third kappa shape index (κ3) is 4.28. The molecule has 5 nitrogen and oxygen atoms in total. The Balaban J connectivity index is 1.53. The van der Waals surface area contributed by atoms with Crippen LogP contribution in [-0.4, -0.2) is 48.8 Å². The summed E-state index contributed by atoms with van der Waals surface area (Å²) < 4.78 is 11.9. The van der Waals surface area contributed by atoms with Gasteiger partial charge in [0.15, 0.2) is 0 Å². The Kier molecular flexibility index (Phi) is 6.49. The molecule has 4 rings (SSSR count). The Hall–Kier alpha value is -2.24. The molecule has 1 fully saturated rings. The Morgan fingerprint density at radius 1 is 1.07 bits per heavy atom. The van der Waals surface area contributed by atoms with Crippen LogP contribution in [0, 0.1) is 0 Å². The highest BCUT2D eigenvalue weighted by molar-refractivity contribution is 6.30. The van der Waals surface area contributed by atoms with Gasteiger partial charge in [0, 0.05) is 48.6 Å². The van der Waals surface area contributed by atoms with Gasteiger partial charge in [-0.05, 0) is 42.7 Å². The second kappa shape index (κ2) is 9.27. The summed E-state index contributed by atoms with van der Waals surface area (Å²) in [5, 5.41) is 0.710. The molecule has 0 saturated carbocycles. The Morgan fingerprint density at radius 3 is 2.47 bits per heavy atom. The first-order valence-corrected chi connectivity index (χ1v) is 11.2. The zero-order valence-electron chi connectivity index (χ0n) is 17.6. The van der Waals surface area contributed by atoms with Gasteiger partial charge in [-0.15, -0.1) is 0 Å². The van der Waals surface area contributed by atoms with Crippen molar-refractivity contribution < 1.29 is 14.3 Å². The monoisotopic (exact) mass is 428 g/mol. The molecule has 2 aliphatic heterocycles. The number of fused-ring (bicyclic) bond motifs is 5. The number of halogens is 1. The zero-order valence-corrected chi connectivity index (χ0v) is 18.4. The summed E-state index contributed by atoms with van der Waals surface area (Å²) in [6.45, 7) is 7.52. The van der Waals surface area contributed by atoms with E-state index in [0.717, 1.165) is 56.1 Å². The molecular weight excluding hydrogens is 400 g/mol. The van der Waals surface area contributed by atoms with E-state index in [0.29, 0.717) is 11.8 Å². The minimum absolute atomic E-state index is 0.224. The summed E-state index contributed by atoms with van der Waals surface area (Å²) in [5.74, 6) is 2.25. The number of rotatable bonds is 6. The quantitative estimate of drug-likeness (QED) is 0.579. The number of hydrogen-bond donors (Lipinski definition) is 0. The summed E-state index contributed by atoms with van der Waals surface area (Å²) >= 11 is 6.32. The van der Waals surface area contributed by atoms with E-state index in [9.17, 15) is 4.79 Å². The minimum Gasteiger partial charge on any atom is -0.457 e. The largest absolute Gasteiger partial charge is 0.457 e. The molecule has 0 radical (unpaired) electrons. The van der Waals surface area contributed by atoms with Crippen molar-refractivity contribution in [3.8, 4) is 11.5 Å². The van der Waals surface area contributed by atoms with Crippen molar-refractivity contribution in [2.24, 2.45) is 0 Å². The van der Waals surface area contributed by atoms with Gasteiger partial charge in [0.05, 0.1) is 0 Å². The Labute approximate surface area is 183 Å². The summed E-state index contributed by atoms with van der Waals surface area (Å²) in [4.78, 5) is 16.5. The van der Waals surface area contributed by atoms with Gasteiger partial charge in [-0.1, -0.05) is 43.6 Å². The number of likely N-dealkylation sites (tertiary alicyclic amines) is 1. The number of carbonyl (C=O) groups excluding carboxylic acids is 1. The molecule has 1 saturated heterocycles. The van der Waals surface area contributed by atoms with E-state index in [1.54, 1.807) is 4.90 Å². The molecule has 30 heavy (non-hydrogen) atoms. The molecule has 160 valence electrons. The maximum atomic E-state index is 12.5. The highest BCUT2D eigenvalue weighted by Gasteiger charge is 2.40. The molecule has 0 aromatic heterocycles. The van der Waals surface area contributed by atoms with Gasteiger partial charge in [0.25, 0.3) is 0 Å². The molecule has 2 aromatic carbocycles. The van der Waals surface area contributed by atoms with Crippen molar-refractivity contribution >= 4 is 17.7 Å². The van der Waals surface area contributed by atoms with E-state index in [2.05, 4.69) is 30.9 Å². The zero-order chi connectivity index (χ0) is 21.1. The van der Waals surface area contributed by atoms with E-state index >= 15 is 0 Å². The van der Waals surface area contributed by atoms with Crippen molar-refractivity contribution in [1.82, 2.24) is 9.80 Å². The van der Waals surface area contributed by atoms with Crippen LogP contribution in [0.5, 0.6) is 11.5 Å². The van der Waals surface area contributed by atoms with Crippen LogP contribution in [0.2, 0.25) is 5.02 Å². The lowest BCUT2D eigenvalue weighted by Gasteiger charge is -2.23. The SMILES string of the molecule is CCCN(CCC)C(=O)OCN1CC2c3ccccc3Oc3ccc(Cl)cc3C2C1. The number of ether oxygens (including phenoxy) is 2. The highest BCUT2D eigenvalue weighted by atomic mass is 35.5. The number of carbonyl (C=O) groups is 1. The van der Waals surface area contributed by atoms with Crippen molar-refractivity contribution in [1.29, 1.82) is 0 Å². The third-order valence-corrected chi connectivity index (χ3v) is 6.16. The van der Waals surface area contributed by atoms with Crippen LogP contribution in [0.15, 0.2) is 42.5 Å². The van der Waals surface area contributed by atoms with Crippen LogP contribution in [0.4, 0.5) is 4.79 Å². The average molecular weight is 429 g/mol. The average Bonchev–Trinajstić information content (AvgIpc) is 3.12. The smallest absolute Gasteiger partial charge is 0.411 e. The number of benzene rings is 2. The maximum Gasteiger partial charge on any atom is 0.411 e. The molecule has 0 bridgehead atoms. The molecule has 2 atom stereocenters. The standard InChI is InChI=1S/C24H29ClN2O3/c1-3-11-27(12-4-2)24(28)29-16-26-14-20-18-7-5-6-8-22(18)30-23-10-9-17(25)13-19(23)21(20)15-26/h5-10,13,20-21H,3-4,11-12,14-16H2,1-2H3. The predicted molar refractivity (Wildman–Crippen MR) is 119 cm³/mol. The third-order valence-electron chi connectivity index (χ3n) is 5.92. The van der Waals surface area contributed by atoms with Crippen molar-refractivity contribution in [2.45, 2.75) is 38.5 Å². The fourth-order valence-electron chi connectivity index (χ4n) is 4.59. The lowest BCUT2D eigenvalue weighted by Crippen LogP contribution is -2.36.